The molecule has 0 radical (unpaired) electrons. The molecule has 0 bridgehead atoms. The zero-order chi connectivity index (χ0) is 15.2. The smallest absolute Gasteiger partial charge is 0.234 e. The molecule has 0 aliphatic rings. The van der Waals surface area contributed by atoms with Crippen LogP contribution in [0.15, 0.2) is 48.5 Å². The van der Waals surface area contributed by atoms with Crippen LogP contribution in [0.1, 0.15) is 28.9 Å². The molecule has 0 saturated heterocycles. The van der Waals surface area contributed by atoms with Crippen LogP contribution in [0.2, 0.25) is 0 Å². The summed E-state index contributed by atoms with van der Waals surface area (Å²) >= 11 is 1.65. The van der Waals surface area contributed by atoms with Gasteiger partial charge in [-0.15, -0.1) is 11.8 Å². The van der Waals surface area contributed by atoms with Gasteiger partial charge in [0.2, 0.25) is 5.91 Å². The summed E-state index contributed by atoms with van der Waals surface area (Å²) in [5.74, 6) is 0.509. The van der Waals surface area contributed by atoms with Crippen molar-refractivity contribution in [2.45, 2.75) is 26.0 Å². The molecule has 1 amide bonds. The Morgan fingerprint density at radius 3 is 2.48 bits per heavy atom. The quantitative estimate of drug-likeness (QED) is 0.864. The molecule has 0 aromatic heterocycles. The fraction of sp³-hybridized carbons (Fsp3) is 0.278. The maximum atomic E-state index is 12.0. The summed E-state index contributed by atoms with van der Waals surface area (Å²) < 4.78 is 0. The Bertz CT molecular complexity index is 610. The second-order valence-electron chi connectivity index (χ2n) is 5.21. The Morgan fingerprint density at radius 1 is 1.10 bits per heavy atom. The van der Waals surface area contributed by atoms with Gasteiger partial charge in [0.15, 0.2) is 0 Å². The molecule has 0 spiro atoms. The number of benzene rings is 2. The Morgan fingerprint density at radius 2 is 1.81 bits per heavy atom. The Balaban J connectivity index is 1.86. The minimum Gasteiger partial charge on any atom is -0.325 e. The first-order valence-corrected chi connectivity index (χ1v) is 8.15. The largest absolute Gasteiger partial charge is 0.325 e. The van der Waals surface area contributed by atoms with Crippen molar-refractivity contribution >= 4 is 23.4 Å². The standard InChI is InChI=1S/C18H21NOS/c1-13-9-10-17(11-14(13)2)19-18(20)12-21-15(3)16-7-5-4-6-8-16/h4-11,15H,12H2,1-3H3,(H,19,20)/t15-/m0/s1. The van der Waals surface area contributed by atoms with Gasteiger partial charge in [-0.3, -0.25) is 4.79 Å². The summed E-state index contributed by atoms with van der Waals surface area (Å²) in [6, 6.07) is 16.3. The van der Waals surface area contributed by atoms with Crippen LogP contribution in [-0.2, 0) is 4.79 Å². The average Bonchev–Trinajstić information content (AvgIpc) is 2.49. The lowest BCUT2D eigenvalue weighted by atomic mass is 10.1. The van der Waals surface area contributed by atoms with Gasteiger partial charge in [0.1, 0.15) is 0 Å². The number of amides is 1. The lowest BCUT2D eigenvalue weighted by Gasteiger charge is -2.12. The van der Waals surface area contributed by atoms with E-state index in [1.165, 1.54) is 16.7 Å². The molecular formula is C18H21NOS. The number of aryl methyl sites for hydroxylation is 2. The number of nitrogens with one attached hydrogen (secondary N) is 1. The first-order valence-electron chi connectivity index (χ1n) is 7.10. The number of carbonyl (C=O) groups is 1. The third-order valence-electron chi connectivity index (χ3n) is 3.52. The molecule has 0 aliphatic carbocycles. The van der Waals surface area contributed by atoms with E-state index in [4.69, 9.17) is 0 Å². The molecule has 1 atom stereocenters. The van der Waals surface area contributed by atoms with Crippen LogP contribution in [0.5, 0.6) is 0 Å². The third-order valence-corrected chi connectivity index (χ3v) is 4.73. The van der Waals surface area contributed by atoms with Crippen LogP contribution in [0.4, 0.5) is 5.69 Å². The Hall–Kier alpha value is -1.74. The lowest BCUT2D eigenvalue weighted by Crippen LogP contribution is -2.14. The van der Waals surface area contributed by atoms with E-state index < -0.39 is 0 Å². The van der Waals surface area contributed by atoms with Gasteiger partial charge in [0.25, 0.3) is 0 Å². The number of hydrogen-bond acceptors (Lipinski definition) is 2. The van der Waals surface area contributed by atoms with E-state index in [1.54, 1.807) is 11.8 Å². The molecule has 2 aromatic rings. The average molecular weight is 299 g/mol. The highest BCUT2D eigenvalue weighted by Gasteiger charge is 2.09. The maximum Gasteiger partial charge on any atom is 0.234 e. The van der Waals surface area contributed by atoms with E-state index >= 15 is 0 Å². The van der Waals surface area contributed by atoms with Crippen molar-refractivity contribution in [2.24, 2.45) is 0 Å². The van der Waals surface area contributed by atoms with Gasteiger partial charge < -0.3 is 5.32 Å². The maximum absolute atomic E-state index is 12.0. The summed E-state index contributed by atoms with van der Waals surface area (Å²) in [6.45, 7) is 6.25. The minimum absolute atomic E-state index is 0.0473. The van der Waals surface area contributed by atoms with Crippen LogP contribution in [0.3, 0.4) is 0 Å². The summed E-state index contributed by atoms with van der Waals surface area (Å²) in [7, 11) is 0. The first-order chi connectivity index (χ1) is 10.1. The second-order valence-corrected chi connectivity index (χ2v) is 6.54. The van der Waals surface area contributed by atoms with E-state index in [-0.39, 0.29) is 5.91 Å². The number of anilines is 1. The lowest BCUT2D eigenvalue weighted by molar-refractivity contribution is -0.113. The Kier molecular flexibility index (Phi) is 5.45. The Labute approximate surface area is 131 Å². The summed E-state index contributed by atoms with van der Waals surface area (Å²) in [5, 5.41) is 3.27. The van der Waals surface area contributed by atoms with Crippen LogP contribution in [-0.4, -0.2) is 11.7 Å². The van der Waals surface area contributed by atoms with Crippen LogP contribution < -0.4 is 5.32 Å². The van der Waals surface area contributed by atoms with Crippen LogP contribution in [0, 0.1) is 13.8 Å². The van der Waals surface area contributed by atoms with Crippen molar-refractivity contribution in [1.29, 1.82) is 0 Å². The second kappa shape index (κ2) is 7.32. The number of hydrogen-bond donors (Lipinski definition) is 1. The van der Waals surface area contributed by atoms with E-state index in [2.05, 4.69) is 38.2 Å². The molecule has 2 aromatic carbocycles. The molecule has 21 heavy (non-hydrogen) atoms. The van der Waals surface area contributed by atoms with Crippen molar-refractivity contribution in [2.75, 3.05) is 11.1 Å². The molecule has 110 valence electrons. The monoisotopic (exact) mass is 299 g/mol. The number of thioether (sulfide) groups is 1. The van der Waals surface area contributed by atoms with Crippen molar-refractivity contribution in [3.8, 4) is 0 Å². The van der Waals surface area contributed by atoms with Crippen molar-refractivity contribution in [1.82, 2.24) is 0 Å². The van der Waals surface area contributed by atoms with E-state index in [0.717, 1.165) is 5.69 Å². The van der Waals surface area contributed by atoms with Crippen molar-refractivity contribution < 1.29 is 4.79 Å². The van der Waals surface area contributed by atoms with Crippen LogP contribution in [0.25, 0.3) is 0 Å². The number of carbonyl (C=O) groups excluding carboxylic acids is 1. The van der Waals surface area contributed by atoms with E-state index in [0.29, 0.717) is 11.0 Å². The van der Waals surface area contributed by atoms with E-state index in [9.17, 15) is 4.79 Å². The molecule has 1 N–H and O–H groups in total. The molecule has 0 saturated carbocycles. The molecule has 3 heteroatoms. The van der Waals surface area contributed by atoms with Crippen molar-refractivity contribution in [3.63, 3.8) is 0 Å². The predicted molar refractivity (Wildman–Crippen MR) is 91.9 cm³/mol. The predicted octanol–water partition coefficient (Wildman–Crippen LogP) is 4.74. The highest BCUT2D eigenvalue weighted by Crippen LogP contribution is 2.27. The highest BCUT2D eigenvalue weighted by atomic mass is 32.2. The summed E-state index contributed by atoms with van der Waals surface area (Å²) in [4.78, 5) is 12.0. The van der Waals surface area contributed by atoms with Gasteiger partial charge >= 0.3 is 0 Å². The van der Waals surface area contributed by atoms with Crippen LogP contribution >= 0.6 is 11.8 Å². The molecule has 0 aliphatic heterocycles. The topological polar surface area (TPSA) is 29.1 Å². The fourth-order valence-electron chi connectivity index (χ4n) is 2.04. The van der Waals surface area contributed by atoms with Gasteiger partial charge in [-0.1, -0.05) is 36.4 Å². The van der Waals surface area contributed by atoms with Gasteiger partial charge in [-0.25, -0.2) is 0 Å². The molecule has 0 fully saturated rings. The van der Waals surface area contributed by atoms with Crippen molar-refractivity contribution in [3.05, 3.63) is 65.2 Å². The zero-order valence-corrected chi connectivity index (χ0v) is 13.5. The highest BCUT2D eigenvalue weighted by molar-refractivity contribution is 8.00. The zero-order valence-electron chi connectivity index (χ0n) is 12.7. The number of rotatable bonds is 5. The van der Waals surface area contributed by atoms with Gasteiger partial charge in [0.05, 0.1) is 5.75 Å². The molecule has 2 nitrogen and oxygen atoms in total. The van der Waals surface area contributed by atoms with Gasteiger partial charge in [0, 0.05) is 10.9 Å². The van der Waals surface area contributed by atoms with Gasteiger partial charge in [-0.2, -0.15) is 0 Å². The van der Waals surface area contributed by atoms with E-state index in [1.807, 2.05) is 36.4 Å². The SMILES string of the molecule is Cc1ccc(NC(=O)CS[C@@H](C)c2ccccc2)cc1C. The normalized spacial score (nSPS) is 12.0. The first kappa shape index (κ1) is 15.6. The minimum atomic E-state index is 0.0473. The summed E-state index contributed by atoms with van der Waals surface area (Å²) in [6.07, 6.45) is 0. The third kappa shape index (κ3) is 4.64. The molecule has 0 heterocycles. The molecular weight excluding hydrogens is 278 g/mol. The molecule has 2 rings (SSSR count). The fourth-order valence-corrected chi connectivity index (χ4v) is 2.86. The molecule has 0 unspecified atom stereocenters. The van der Waals surface area contributed by atoms with Gasteiger partial charge in [-0.05, 0) is 49.6 Å². The summed E-state index contributed by atoms with van der Waals surface area (Å²) in [5.41, 5.74) is 4.55.